The number of amidine groups is 1. The first-order valence-corrected chi connectivity index (χ1v) is 9.70. The van der Waals surface area contributed by atoms with E-state index in [1.54, 1.807) is 0 Å². The average Bonchev–Trinajstić information content (AvgIpc) is 3.07. The van der Waals surface area contributed by atoms with E-state index in [9.17, 15) is 0 Å². The molecule has 0 fully saturated rings. The number of aryl methyl sites for hydroxylation is 1. The molecule has 0 amide bonds. The second kappa shape index (κ2) is 7.80. The van der Waals surface area contributed by atoms with Gasteiger partial charge in [0.2, 0.25) is 0 Å². The lowest BCUT2D eigenvalue weighted by Crippen LogP contribution is -2.12. The highest BCUT2D eigenvalue weighted by Crippen LogP contribution is 2.27. The highest BCUT2D eigenvalue weighted by molar-refractivity contribution is 6.01. The summed E-state index contributed by atoms with van der Waals surface area (Å²) in [7, 11) is 0. The van der Waals surface area contributed by atoms with Crippen molar-refractivity contribution < 1.29 is 4.74 Å². The number of nitrogens with one attached hydrogen (secondary N) is 1. The number of benzene rings is 3. The second-order valence-corrected chi connectivity index (χ2v) is 7.01. The van der Waals surface area contributed by atoms with Crippen LogP contribution in [0.3, 0.4) is 0 Å². The Balaban J connectivity index is 1.70. The van der Waals surface area contributed by atoms with E-state index in [0.717, 1.165) is 33.3 Å². The van der Waals surface area contributed by atoms with Crippen LogP contribution in [0.25, 0.3) is 22.2 Å². The highest BCUT2D eigenvalue weighted by Gasteiger charge is 2.14. The lowest BCUT2D eigenvalue weighted by molar-refractivity contribution is 0.301. The predicted molar refractivity (Wildman–Crippen MR) is 118 cm³/mol. The molecule has 1 aromatic heterocycles. The Labute approximate surface area is 170 Å². The van der Waals surface area contributed by atoms with E-state index in [2.05, 4.69) is 46.8 Å². The molecular formula is C24H24N4O. The third-order valence-electron chi connectivity index (χ3n) is 5.03. The van der Waals surface area contributed by atoms with E-state index < -0.39 is 0 Å². The first-order chi connectivity index (χ1) is 14.1. The van der Waals surface area contributed by atoms with Crippen LogP contribution < -0.4 is 10.5 Å². The summed E-state index contributed by atoms with van der Waals surface area (Å²) < 4.78 is 7.93. The van der Waals surface area contributed by atoms with E-state index in [0.29, 0.717) is 19.2 Å². The van der Waals surface area contributed by atoms with Crippen LogP contribution in [0.1, 0.15) is 23.6 Å². The number of hydrogen-bond donors (Lipinski definition) is 2. The normalized spacial score (nSPS) is 11.0. The highest BCUT2D eigenvalue weighted by atomic mass is 16.5. The zero-order valence-corrected chi connectivity index (χ0v) is 16.6. The molecule has 0 saturated heterocycles. The Morgan fingerprint density at radius 3 is 2.52 bits per heavy atom. The van der Waals surface area contributed by atoms with Gasteiger partial charge in [-0.3, -0.25) is 9.98 Å². The van der Waals surface area contributed by atoms with Crippen molar-refractivity contribution in [1.29, 1.82) is 5.41 Å². The number of ether oxygens (including phenoxy) is 1. The molecule has 5 heteroatoms. The zero-order chi connectivity index (χ0) is 20.4. The van der Waals surface area contributed by atoms with Crippen molar-refractivity contribution in [2.45, 2.75) is 20.4 Å². The zero-order valence-electron chi connectivity index (χ0n) is 16.6. The van der Waals surface area contributed by atoms with Gasteiger partial charge in [-0.2, -0.15) is 4.98 Å². The molecule has 0 radical (unpaired) electrons. The van der Waals surface area contributed by atoms with Crippen LogP contribution in [-0.4, -0.2) is 22.0 Å². The van der Waals surface area contributed by atoms with Crippen molar-refractivity contribution in [3.63, 3.8) is 0 Å². The Bertz CT molecular complexity index is 1180. The molecule has 146 valence electrons. The van der Waals surface area contributed by atoms with Gasteiger partial charge in [0.25, 0.3) is 6.01 Å². The molecule has 0 aliphatic rings. The molecule has 1 heterocycles. The van der Waals surface area contributed by atoms with Gasteiger partial charge in [0, 0.05) is 5.56 Å². The first kappa shape index (κ1) is 18.7. The summed E-state index contributed by atoms with van der Waals surface area (Å²) >= 11 is 0. The average molecular weight is 384 g/mol. The molecule has 0 atom stereocenters. The Kier molecular flexibility index (Phi) is 5.04. The molecule has 4 aromatic rings. The number of aromatic nitrogens is 2. The number of nitrogens with zero attached hydrogens (tertiary/aromatic N) is 2. The fraction of sp³-hybridized carbons (Fsp3) is 0.167. The maximum absolute atomic E-state index is 7.81. The van der Waals surface area contributed by atoms with Gasteiger partial charge in [-0.1, -0.05) is 60.7 Å². The van der Waals surface area contributed by atoms with E-state index in [-0.39, 0.29) is 5.84 Å². The molecule has 0 aliphatic heterocycles. The molecule has 0 aliphatic carbocycles. The number of imidazole rings is 1. The number of nitrogens with two attached hydrogens (primary N) is 1. The van der Waals surface area contributed by atoms with Crippen molar-refractivity contribution in [1.82, 2.24) is 9.55 Å². The molecule has 29 heavy (non-hydrogen) atoms. The monoisotopic (exact) mass is 384 g/mol. The van der Waals surface area contributed by atoms with Crippen LogP contribution >= 0.6 is 0 Å². The third kappa shape index (κ3) is 3.59. The van der Waals surface area contributed by atoms with E-state index in [1.807, 2.05) is 43.3 Å². The molecule has 3 N–H and O–H groups in total. The third-order valence-corrected chi connectivity index (χ3v) is 5.03. The van der Waals surface area contributed by atoms with Crippen molar-refractivity contribution in [3.8, 4) is 17.1 Å². The molecule has 0 spiro atoms. The smallest absolute Gasteiger partial charge is 0.297 e. The molecule has 0 bridgehead atoms. The van der Waals surface area contributed by atoms with Crippen LogP contribution in [0, 0.1) is 12.3 Å². The lowest BCUT2D eigenvalue weighted by atomic mass is 9.98. The maximum Gasteiger partial charge on any atom is 0.297 e. The van der Waals surface area contributed by atoms with Crippen LogP contribution in [0.15, 0.2) is 66.7 Å². The van der Waals surface area contributed by atoms with Crippen LogP contribution in [-0.2, 0) is 6.54 Å². The summed E-state index contributed by atoms with van der Waals surface area (Å²) in [4.78, 5) is 4.66. The minimum Gasteiger partial charge on any atom is -0.465 e. The van der Waals surface area contributed by atoms with E-state index in [1.165, 1.54) is 5.56 Å². The van der Waals surface area contributed by atoms with Crippen molar-refractivity contribution >= 4 is 16.9 Å². The van der Waals surface area contributed by atoms with Gasteiger partial charge in [-0.15, -0.1) is 0 Å². The van der Waals surface area contributed by atoms with Crippen molar-refractivity contribution in [2.24, 2.45) is 5.73 Å². The quantitative estimate of drug-likeness (QED) is 0.372. The minimum absolute atomic E-state index is 0.0754. The summed E-state index contributed by atoms with van der Waals surface area (Å²) in [6, 6.07) is 22.9. The Morgan fingerprint density at radius 2 is 1.79 bits per heavy atom. The van der Waals surface area contributed by atoms with Crippen LogP contribution in [0.4, 0.5) is 0 Å². The molecule has 4 rings (SSSR count). The molecule has 0 unspecified atom stereocenters. The molecule has 0 saturated carbocycles. The van der Waals surface area contributed by atoms with Gasteiger partial charge in [-0.25, -0.2) is 0 Å². The SMILES string of the molecule is CCOc1nc2cccc(C)c2n1Cc1ccc(-c2ccccc2C(=N)N)cc1. The second-order valence-electron chi connectivity index (χ2n) is 7.01. The minimum atomic E-state index is 0.0754. The first-order valence-electron chi connectivity index (χ1n) is 9.70. The van der Waals surface area contributed by atoms with Crippen molar-refractivity contribution in [3.05, 3.63) is 83.4 Å². The van der Waals surface area contributed by atoms with Crippen molar-refractivity contribution in [2.75, 3.05) is 6.61 Å². The van der Waals surface area contributed by atoms with Gasteiger partial charge in [0.15, 0.2) is 0 Å². The van der Waals surface area contributed by atoms with Crippen LogP contribution in [0.5, 0.6) is 6.01 Å². The standard InChI is InChI=1S/C24H24N4O/c1-3-29-24-27-21-10-6-7-16(2)22(21)28(24)15-17-11-13-18(14-12-17)19-8-4-5-9-20(19)23(25)26/h4-14H,3,15H2,1-2H3,(H3,25,26). The molecular weight excluding hydrogens is 360 g/mol. The summed E-state index contributed by atoms with van der Waals surface area (Å²) in [5.74, 6) is 0.0754. The Morgan fingerprint density at radius 1 is 1.03 bits per heavy atom. The van der Waals surface area contributed by atoms with E-state index >= 15 is 0 Å². The lowest BCUT2D eigenvalue weighted by Gasteiger charge is -2.12. The van der Waals surface area contributed by atoms with Gasteiger partial charge in [0.05, 0.1) is 24.2 Å². The van der Waals surface area contributed by atoms with Gasteiger partial charge >= 0.3 is 0 Å². The number of fused-ring (bicyclic) bond motifs is 1. The molecule has 5 nitrogen and oxygen atoms in total. The summed E-state index contributed by atoms with van der Waals surface area (Å²) in [5, 5.41) is 7.81. The number of rotatable bonds is 6. The summed E-state index contributed by atoms with van der Waals surface area (Å²) in [5.41, 5.74) is 12.9. The fourth-order valence-corrected chi connectivity index (χ4v) is 3.67. The number of hydrogen-bond acceptors (Lipinski definition) is 3. The molecule has 3 aromatic carbocycles. The predicted octanol–water partition coefficient (Wildman–Crippen LogP) is 4.74. The van der Waals surface area contributed by atoms with E-state index in [4.69, 9.17) is 15.9 Å². The number of para-hydroxylation sites is 1. The fourth-order valence-electron chi connectivity index (χ4n) is 3.67. The Hall–Kier alpha value is -3.60. The van der Waals surface area contributed by atoms with Gasteiger partial charge in [0.1, 0.15) is 5.84 Å². The summed E-state index contributed by atoms with van der Waals surface area (Å²) in [6.07, 6.45) is 0. The summed E-state index contributed by atoms with van der Waals surface area (Å²) in [6.45, 7) is 5.31. The maximum atomic E-state index is 7.81. The van der Waals surface area contributed by atoms with Crippen LogP contribution in [0.2, 0.25) is 0 Å². The topological polar surface area (TPSA) is 76.9 Å². The van der Waals surface area contributed by atoms with Gasteiger partial charge < -0.3 is 10.5 Å². The van der Waals surface area contributed by atoms with Gasteiger partial charge in [-0.05, 0) is 42.2 Å². The largest absolute Gasteiger partial charge is 0.465 e. The number of nitrogen functional groups attached to an aromatic ring is 1.